The summed E-state index contributed by atoms with van der Waals surface area (Å²) in [6.45, 7) is 3.77. The minimum absolute atomic E-state index is 0.210. The molecule has 1 aliphatic carbocycles. The zero-order chi connectivity index (χ0) is 26.6. The molecule has 5 rings (SSSR count). The molecule has 4 aromatic rings. The number of aromatic nitrogens is 3. The molecule has 7 N–H and O–H groups in total. The highest BCUT2D eigenvalue weighted by Gasteiger charge is 2.24. The zero-order valence-corrected chi connectivity index (χ0v) is 22.3. The number of aliphatic hydroxyl groups excluding tert-OH is 1. The molecule has 200 valence electrons. The van der Waals surface area contributed by atoms with Crippen LogP contribution in [0, 0.1) is 6.92 Å². The van der Waals surface area contributed by atoms with Crippen LogP contribution in [0.2, 0.25) is 5.02 Å². The number of nitrogens with one attached hydrogen (secondary N) is 4. The number of fused-ring (bicyclic) bond motifs is 1. The first kappa shape index (κ1) is 26.4. The van der Waals surface area contributed by atoms with Gasteiger partial charge < -0.3 is 31.4 Å². The first-order chi connectivity index (χ1) is 18.4. The number of aromatic amines is 2. The highest BCUT2D eigenvalue weighted by atomic mass is 35.5. The lowest BCUT2D eigenvalue weighted by molar-refractivity contribution is 0.191. The lowest BCUT2D eigenvalue weighted by Gasteiger charge is -2.30. The van der Waals surface area contributed by atoms with Crippen molar-refractivity contribution in [2.45, 2.75) is 50.7 Å². The van der Waals surface area contributed by atoms with Crippen molar-refractivity contribution in [1.82, 2.24) is 20.3 Å². The Balaban J connectivity index is 1.41. The molecule has 1 unspecified atom stereocenters. The van der Waals surface area contributed by atoms with Gasteiger partial charge in [-0.15, -0.1) is 0 Å². The number of imidazole rings is 1. The maximum absolute atomic E-state index is 12.9. The molecule has 1 saturated carbocycles. The maximum atomic E-state index is 12.9. The van der Waals surface area contributed by atoms with Crippen molar-refractivity contribution in [2.24, 2.45) is 5.73 Å². The fraction of sp³-hybridized carbons (Fsp3) is 0.379. The van der Waals surface area contributed by atoms with Gasteiger partial charge in [0.05, 0.1) is 22.8 Å². The summed E-state index contributed by atoms with van der Waals surface area (Å²) in [7, 11) is 0. The van der Waals surface area contributed by atoms with Gasteiger partial charge in [0.1, 0.15) is 11.4 Å². The molecule has 1 aliphatic rings. The molecule has 0 radical (unpaired) electrons. The average Bonchev–Trinajstić information content (AvgIpc) is 3.35. The van der Waals surface area contributed by atoms with Gasteiger partial charge in [-0.2, -0.15) is 0 Å². The Bertz CT molecular complexity index is 1470. The van der Waals surface area contributed by atoms with Crippen molar-refractivity contribution in [1.29, 1.82) is 0 Å². The second-order valence-corrected chi connectivity index (χ2v) is 10.6. The van der Waals surface area contributed by atoms with Crippen molar-refractivity contribution in [3.05, 3.63) is 80.7 Å². The van der Waals surface area contributed by atoms with Crippen LogP contribution in [0.1, 0.15) is 54.4 Å². The number of pyridine rings is 1. The van der Waals surface area contributed by atoms with Crippen LogP contribution in [0.3, 0.4) is 0 Å². The van der Waals surface area contributed by atoms with Gasteiger partial charge in [0, 0.05) is 36.9 Å². The topological polar surface area (TPSA) is 132 Å². The van der Waals surface area contributed by atoms with Gasteiger partial charge in [-0.1, -0.05) is 36.2 Å². The van der Waals surface area contributed by atoms with E-state index in [1.807, 2.05) is 6.07 Å². The molecule has 0 aliphatic heterocycles. The summed E-state index contributed by atoms with van der Waals surface area (Å²) in [6.07, 6.45) is 5.42. The lowest BCUT2D eigenvalue weighted by atomic mass is 9.81. The summed E-state index contributed by atoms with van der Waals surface area (Å²) < 4.78 is 0. The summed E-state index contributed by atoms with van der Waals surface area (Å²) in [6, 6.07) is 13.8. The second kappa shape index (κ2) is 11.7. The molecule has 1 fully saturated rings. The summed E-state index contributed by atoms with van der Waals surface area (Å²) >= 11 is 6.07. The van der Waals surface area contributed by atoms with Crippen LogP contribution in [0.5, 0.6) is 0 Å². The zero-order valence-electron chi connectivity index (χ0n) is 21.6. The number of nitrogens with zero attached hydrogens (tertiary/aromatic N) is 1. The Kier molecular flexibility index (Phi) is 8.14. The summed E-state index contributed by atoms with van der Waals surface area (Å²) in [5, 5.41) is 18.0. The largest absolute Gasteiger partial charge is 0.387 e. The number of nitrogens with two attached hydrogens (primary N) is 1. The van der Waals surface area contributed by atoms with E-state index < -0.39 is 6.10 Å². The number of rotatable bonds is 9. The number of hydrogen-bond acceptors (Lipinski definition) is 6. The molecule has 3 atom stereocenters. The second-order valence-electron chi connectivity index (χ2n) is 10.2. The molecule has 2 heterocycles. The van der Waals surface area contributed by atoms with Crippen LogP contribution >= 0.6 is 11.6 Å². The van der Waals surface area contributed by atoms with Crippen LogP contribution in [0.25, 0.3) is 22.4 Å². The molecular formula is C29H35ClN6O2. The van der Waals surface area contributed by atoms with Crippen molar-refractivity contribution in [3.8, 4) is 11.4 Å². The SMILES string of the molecule is Cc1cc(C2CCC[C@@H](NCCN)C2)cc2[nH]c(-c3c(NC[C@@H](O)c4cccc(Cl)c4)cc[nH]c3=O)nc12. The molecule has 0 spiro atoms. The Morgan fingerprint density at radius 1 is 1.24 bits per heavy atom. The van der Waals surface area contributed by atoms with E-state index in [1.54, 1.807) is 30.5 Å². The number of benzene rings is 2. The van der Waals surface area contributed by atoms with E-state index in [1.165, 1.54) is 18.4 Å². The number of halogens is 1. The normalized spacial score (nSPS) is 18.5. The van der Waals surface area contributed by atoms with Gasteiger partial charge in [0.25, 0.3) is 5.56 Å². The van der Waals surface area contributed by atoms with E-state index in [0.717, 1.165) is 36.0 Å². The van der Waals surface area contributed by atoms with E-state index in [9.17, 15) is 9.90 Å². The number of aryl methyl sites for hydroxylation is 1. The molecule has 0 amide bonds. The Morgan fingerprint density at radius 3 is 2.92 bits per heavy atom. The molecule has 2 aromatic carbocycles. The number of aliphatic hydroxyl groups is 1. The summed E-state index contributed by atoms with van der Waals surface area (Å²) in [5.41, 5.74) is 11.3. The maximum Gasteiger partial charge on any atom is 0.261 e. The van der Waals surface area contributed by atoms with Gasteiger partial charge in [-0.25, -0.2) is 4.98 Å². The number of anilines is 1. The predicted molar refractivity (Wildman–Crippen MR) is 154 cm³/mol. The van der Waals surface area contributed by atoms with Gasteiger partial charge in [0.15, 0.2) is 0 Å². The van der Waals surface area contributed by atoms with Crippen LogP contribution in [0.15, 0.2) is 53.5 Å². The van der Waals surface area contributed by atoms with Crippen LogP contribution in [0.4, 0.5) is 5.69 Å². The first-order valence-electron chi connectivity index (χ1n) is 13.3. The highest BCUT2D eigenvalue weighted by molar-refractivity contribution is 6.30. The third-order valence-electron chi connectivity index (χ3n) is 7.44. The van der Waals surface area contributed by atoms with Crippen LogP contribution in [-0.4, -0.2) is 45.7 Å². The fourth-order valence-corrected chi connectivity index (χ4v) is 5.74. The van der Waals surface area contributed by atoms with Crippen LogP contribution < -0.4 is 21.9 Å². The minimum atomic E-state index is -0.792. The quantitative estimate of drug-likeness (QED) is 0.186. The van der Waals surface area contributed by atoms with Crippen molar-refractivity contribution in [2.75, 3.05) is 25.0 Å². The summed E-state index contributed by atoms with van der Waals surface area (Å²) in [4.78, 5) is 23.9. The van der Waals surface area contributed by atoms with E-state index >= 15 is 0 Å². The first-order valence-corrected chi connectivity index (χ1v) is 13.6. The summed E-state index contributed by atoms with van der Waals surface area (Å²) in [5.74, 6) is 0.965. The molecule has 0 bridgehead atoms. The van der Waals surface area contributed by atoms with Crippen molar-refractivity contribution < 1.29 is 5.11 Å². The Hall–Kier alpha value is -3.17. The lowest BCUT2D eigenvalue weighted by Crippen LogP contribution is -2.36. The molecule has 2 aromatic heterocycles. The number of H-pyrrole nitrogens is 2. The Labute approximate surface area is 227 Å². The monoisotopic (exact) mass is 534 g/mol. The van der Waals surface area contributed by atoms with E-state index in [4.69, 9.17) is 22.3 Å². The third-order valence-corrected chi connectivity index (χ3v) is 7.67. The van der Waals surface area contributed by atoms with Crippen LogP contribution in [-0.2, 0) is 0 Å². The highest BCUT2D eigenvalue weighted by Crippen LogP contribution is 2.36. The number of hydrogen-bond donors (Lipinski definition) is 6. The van der Waals surface area contributed by atoms with E-state index in [2.05, 4.69) is 39.7 Å². The van der Waals surface area contributed by atoms with E-state index in [-0.39, 0.29) is 12.1 Å². The Morgan fingerprint density at radius 2 is 2.11 bits per heavy atom. The van der Waals surface area contributed by atoms with Gasteiger partial charge in [0.2, 0.25) is 0 Å². The van der Waals surface area contributed by atoms with Gasteiger partial charge in [-0.05, 0) is 73.1 Å². The van der Waals surface area contributed by atoms with Gasteiger partial charge in [-0.3, -0.25) is 4.79 Å². The molecular weight excluding hydrogens is 500 g/mol. The standard InChI is InChI=1S/C29H35ClN6O2/c1-17-12-20(18-4-3-7-22(14-18)32-11-9-31)15-24-27(17)36-28(35-24)26-23(8-10-33-29(26)38)34-16-25(37)19-5-2-6-21(30)13-19/h2,5-6,8,10,12-13,15,18,22,25,32,37H,3-4,7,9,11,14,16,31H2,1H3,(H,35,36)(H2,33,34,38)/t18?,22-,25-/m1/s1. The smallest absolute Gasteiger partial charge is 0.261 e. The molecule has 0 saturated heterocycles. The predicted octanol–water partition coefficient (Wildman–Crippen LogP) is 4.60. The molecule has 8 nitrogen and oxygen atoms in total. The third kappa shape index (κ3) is 5.78. The van der Waals surface area contributed by atoms with Gasteiger partial charge >= 0.3 is 0 Å². The average molecular weight is 535 g/mol. The van der Waals surface area contributed by atoms with E-state index in [0.29, 0.717) is 46.2 Å². The molecule has 38 heavy (non-hydrogen) atoms. The molecule has 9 heteroatoms. The fourth-order valence-electron chi connectivity index (χ4n) is 5.54. The van der Waals surface area contributed by atoms with Crippen molar-refractivity contribution >= 4 is 28.3 Å². The minimum Gasteiger partial charge on any atom is -0.387 e. The van der Waals surface area contributed by atoms with Crippen molar-refractivity contribution in [3.63, 3.8) is 0 Å².